The molecule has 0 radical (unpaired) electrons. The van der Waals surface area contributed by atoms with Crippen molar-refractivity contribution in [2.75, 3.05) is 31.9 Å². The van der Waals surface area contributed by atoms with Crippen LogP contribution in [0.3, 0.4) is 0 Å². The number of nitrogens with zero attached hydrogens (tertiary/aromatic N) is 3. The lowest BCUT2D eigenvalue weighted by Crippen LogP contribution is -2.41. The molecule has 4 rings (SSSR count). The van der Waals surface area contributed by atoms with Gasteiger partial charge in [-0.1, -0.05) is 0 Å². The summed E-state index contributed by atoms with van der Waals surface area (Å²) in [6.07, 6.45) is 3.40. The van der Waals surface area contributed by atoms with Crippen LogP contribution in [0.1, 0.15) is 25.7 Å². The highest BCUT2D eigenvalue weighted by molar-refractivity contribution is 9.10. The van der Waals surface area contributed by atoms with E-state index in [4.69, 9.17) is 14.2 Å². The van der Waals surface area contributed by atoms with Gasteiger partial charge in [0.25, 0.3) is 0 Å². The highest BCUT2D eigenvalue weighted by Gasteiger charge is 2.28. The Morgan fingerprint density at radius 3 is 2.81 bits per heavy atom. The van der Waals surface area contributed by atoms with Crippen molar-refractivity contribution in [2.24, 2.45) is 0 Å². The van der Waals surface area contributed by atoms with Crippen LogP contribution >= 0.6 is 15.9 Å². The lowest BCUT2D eigenvalue weighted by atomic mass is 9.93. The maximum atomic E-state index is 14.1. The molecule has 2 aliphatic rings. The molecule has 1 aliphatic carbocycles. The number of ether oxygens (including phenoxy) is 3. The number of anilines is 1. The van der Waals surface area contributed by atoms with Crippen molar-refractivity contribution >= 4 is 27.8 Å². The maximum absolute atomic E-state index is 14.1. The molecule has 1 aromatic carbocycles. The zero-order valence-corrected chi connectivity index (χ0v) is 18.7. The van der Waals surface area contributed by atoms with E-state index in [1.54, 1.807) is 6.07 Å². The van der Waals surface area contributed by atoms with Crippen molar-refractivity contribution in [2.45, 2.75) is 37.8 Å². The van der Waals surface area contributed by atoms with Gasteiger partial charge >= 0.3 is 6.09 Å². The minimum atomic E-state index is -0.426. The summed E-state index contributed by atoms with van der Waals surface area (Å²) >= 11 is 3.16. The van der Waals surface area contributed by atoms with Crippen molar-refractivity contribution in [1.29, 1.82) is 0 Å². The molecule has 0 spiro atoms. The Hall–Kier alpha value is -2.46. The number of hydrogen-bond acceptors (Lipinski definition) is 7. The van der Waals surface area contributed by atoms with Crippen molar-refractivity contribution < 1.29 is 23.4 Å². The Morgan fingerprint density at radius 1 is 1.29 bits per heavy atom. The molecule has 2 aromatic rings. The second-order valence-corrected chi connectivity index (χ2v) is 8.48. The van der Waals surface area contributed by atoms with E-state index in [0.717, 1.165) is 25.7 Å². The quantitative estimate of drug-likeness (QED) is 0.584. The molecule has 1 aliphatic heterocycles. The Kier molecular flexibility index (Phi) is 6.86. The highest BCUT2D eigenvalue weighted by Crippen LogP contribution is 2.34. The Labute approximate surface area is 188 Å². The van der Waals surface area contributed by atoms with E-state index in [1.165, 1.54) is 19.2 Å². The van der Waals surface area contributed by atoms with E-state index in [0.29, 0.717) is 35.9 Å². The number of rotatable bonds is 7. The minimum Gasteiger partial charge on any atom is -0.467 e. The third-order valence-corrected chi connectivity index (χ3v) is 6.06. The van der Waals surface area contributed by atoms with E-state index in [9.17, 15) is 9.18 Å². The number of carbonyl (C=O) groups excluding carboxylic acids is 1. The number of carbonyl (C=O) groups is 1. The van der Waals surface area contributed by atoms with Gasteiger partial charge in [-0.25, -0.2) is 9.18 Å². The predicted molar refractivity (Wildman–Crippen MR) is 116 cm³/mol. The third-order valence-electron chi connectivity index (χ3n) is 5.45. The summed E-state index contributed by atoms with van der Waals surface area (Å²) in [7, 11) is 1.51. The van der Waals surface area contributed by atoms with Gasteiger partial charge in [-0.05, 0) is 59.5 Å². The summed E-state index contributed by atoms with van der Waals surface area (Å²) in [5, 5.41) is 11.4. The molecule has 1 amide bonds. The second kappa shape index (κ2) is 9.78. The molecule has 1 saturated heterocycles. The molecule has 10 heteroatoms. The molecule has 166 valence electrons. The minimum absolute atomic E-state index is 0.0279. The summed E-state index contributed by atoms with van der Waals surface area (Å²) in [6.45, 7) is 1.30. The van der Waals surface area contributed by atoms with Gasteiger partial charge in [0.15, 0.2) is 12.6 Å². The lowest BCUT2D eigenvalue weighted by Gasteiger charge is -2.26. The van der Waals surface area contributed by atoms with Gasteiger partial charge in [-0.15, -0.1) is 10.2 Å². The lowest BCUT2D eigenvalue weighted by molar-refractivity contribution is 0.0514. The van der Waals surface area contributed by atoms with Gasteiger partial charge in [-0.3, -0.25) is 0 Å². The van der Waals surface area contributed by atoms with Crippen LogP contribution in [0.4, 0.5) is 15.0 Å². The summed E-state index contributed by atoms with van der Waals surface area (Å²) in [4.78, 5) is 14.0. The smallest absolute Gasteiger partial charge is 0.407 e. The molecule has 1 N–H and O–H groups in total. The normalized spacial score (nSPS) is 18.5. The van der Waals surface area contributed by atoms with Crippen molar-refractivity contribution in [3.8, 4) is 17.0 Å². The number of aromatic nitrogens is 2. The number of amides is 1. The van der Waals surface area contributed by atoms with Crippen LogP contribution in [-0.4, -0.2) is 55.4 Å². The first kappa shape index (κ1) is 21.8. The molecule has 31 heavy (non-hydrogen) atoms. The zero-order valence-electron chi connectivity index (χ0n) is 17.1. The molecule has 2 heterocycles. The second-order valence-electron chi connectivity index (χ2n) is 7.62. The van der Waals surface area contributed by atoms with Gasteiger partial charge < -0.3 is 24.4 Å². The van der Waals surface area contributed by atoms with Gasteiger partial charge in [0.2, 0.25) is 0 Å². The molecule has 8 nitrogen and oxygen atoms in total. The molecular weight excluding hydrogens is 471 g/mol. The fourth-order valence-electron chi connectivity index (χ4n) is 3.55. The van der Waals surface area contributed by atoms with E-state index >= 15 is 0 Å². The molecule has 2 fully saturated rings. The monoisotopic (exact) mass is 494 g/mol. The largest absolute Gasteiger partial charge is 0.467 e. The first-order valence-corrected chi connectivity index (χ1v) is 11.0. The van der Waals surface area contributed by atoms with Crippen LogP contribution in [0.25, 0.3) is 11.3 Å². The number of halogens is 2. The van der Waals surface area contributed by atoms with Crippen LogP contribution < -0.4 is 15.0 Å². The summed E-state index contributed by atoms with van der Waals surface area (Å²) in [5.74, 6) is 0.681. The van der Waals surface area contributed by atoms with Crippen LogP contribution in [-0.2, 0) is 9.47 Å². The van der Waals surface area contributed by atoms with Crippen molar-refractivity contribution in [1.82, 2.24) is 15.5 Å². The van der Waals surface area contributed by atoms with Crippen molar-refractivity contribution in [3.05, 3.63) is 34.6 Å². The van der Waals surface area contributed by atoms with E-state index in [1.807, 2.05) is 11.0 Å². The molecule has 1 saturated carbocycles. The standard InChI is InChI=1S/C21H24BrFN4O4/c1-29-12-30-19-10-16(22)17(23)9-15(19)18-5-6-20(26-25-18)27-8-7-14(11-27)31-21(28)24-13-3-2-4-13/h5-6,9-10,13-14H,2-4,7-8,11-12H2,1H3,(H,24,28)/t14-/m0/s1. The van der Waals surface area contributed by atoms with Gasteiger partial charge in [0, 0.05) is 31.7 Å². The van der Waals surface area contributed by atoms with Crippen LogP contribution in [0.15, 0.2) is 28.7 Å². The molecule has 1 atom stereocenters. The van der Waals surface area contributed by atoms with Gasteiger partial charge in [-0.2, -0.15) is 0 Å². The fourth-order valence-corrected chi connectivity index (χ4v) is 3.87. The Morgan fingerprint density at radius 2 is 2.13 bits per heavy atom. The first-order chi connectivity index (χ1) is 15.0. The fraction of sp³-hybridized carbons (Fsp3) is 0.476. The third kappa shape index (κ3) is 5.24. The van der Waals surface area contributed by atoms with Crippen LogP contribution in [0, 0.1) is 5.82 Å². The van der Waals surface area contributed by atoms with E-state index < -0.39 is 5.82 Å². The first-order valence-electron chi connectivity index (χ1n) is 10.2. The van der Waals surface area contributed by atoms with Gasteiger partial charge in [0.05, 0.1) is 16.7 Å². The number of hydrogen-bond donors (Lipinski definition) is 1. The van der Waals surface area contributed by atoms with Crippen LogP contribution in [0.2, 0.25) is 0 Å². The highest BCUT2D eigenvalue weighted by atomic mass is 79.9. The van der Waals surface area contributed by atoms with Gasteiger partial charge in [0.1, 0.15) is 17.7 Å². The summed E-state index contributed by atoms with van der Waals surface area (Å²) in [5.41, 5.74) is 0.959. The average Bonchev–Trinajstić information content (AvgIpc) is 3.20. The SMILES string of the molecule is COCOc1cc(Br)c(F)cc1-c1ccc(N2CC[C@H](OC(=O)NC3CCC3)C2)nn1. The summed E-state index contributed by atoms with van der Waals surface area (Å²) in [6, 6.07) is 6.72. The zero-order chi connectivity index (χ0) is 21.8. The Balaban J connectivity index is 1.40. The number of alkyl carbamates (subject to hydrolysis) is 1. The summed E-state index contributed by atoms with van der Waals surface area (Å²) < 4.78 is 30.4. The maximum Gasteiger partial charge on any atom is 0.407 e. The van der Waals surface area contributed by atoms with E-state index in [-0.39, 0.29) is 29.5 Å². The van der Waals surface area contributed by atoms with E-state index in [2.05, 4.69) is 31.4 Å². The molecule has 0 bridgehead atoms. The number of benzene rings is 1. The molecular formula is C21H24BrFN4O4. The van der Waals surface area contributed by atoms with Crippen LogP contribution in [0.5, 0.6) is 5.75 Å². The molecule has 0 unspecified atom stereocenters. The number of nitrogens with one attached hydrogen (secondary N) is 1. The molecule has 1 aromatic heterocycles. The Bertz CT molecular complexity index is 926. The topological polar surface area (TPSA) is 85.8 Å². The number of methoxy groups -OCH3 is 1. The predicted octanol–water partition coefficient (Wildman–Crippen LogP) is 3.89. The average molecular weight is 495 g/mol. The van der Waals surface area contributed by atoms with Crippen molar-refractivity contribution in [3.63, 3.8) is 0 Å².